The number of fused-ring (bicyclic) bond motifs is 1. The van der Waals surface area contributed by atoms with Crippen LogP contribution in [0.5, 0.6) is 0 Å². The lowest BCUT2D eigenvalue weighted by molar-refractivity contribution is 0.0747. The summed E-state index contributed by atoms with van der Waals surface area (Å²) >= 11 is 0. The average molecular weight is 393 g/mol. The van der Waals surface area contributed by atoms with Crippen molar-refractivity contribution in [2.45, 2.75) is 32.2 Å². The van der Waals surface area contributed by atoms with Crippen molar-refractivity contribution < 1.29 is 5.11 Å². The fourth-order valence-corrected chi connectivity index (χ4v) is 4.89. The van der Waals surface area contributed by atoms with Crippen LogP contribution in [0.4, 0.5) is 5.69 Å². The highest BCUT2D eigenvalue weighted by Crippen LogP contribution is 2.33. The van der Waals surface area contributed by atoms with Crippen molar-refractivity contribution in [2.24, 2.45) is 0 Å². The van der Waals surface area contributed by atoms with E-state index >= 15 is 0 Å². The molecular weight excluding hydrogens is 360 g/mol. The van der Waals surface area contributed by atoms with Crippen LogP contribution in [0.3, 0.4) is 0 Å². The van der Waals surface area contributed by atoms with Gasteiger partial charge in [0.15, 0.2) is 0 Å². The summed E-state index contributed by atoms with van der Waals surface area (Å²) in [5, 5.41) is 10.4. The first-order valence-corrected chi connectivity index (χ1v) is 10.8. The first-order valence-electron chi connectivity index (χ1n) is 10.8. The number of pyridine rings is 1. The van der Waals surface area contributed by atoms with Crippen molar-refractivity contribution in [1.29, 1.82) is 0 Å². The second-order valence-electron chi connectivity index (χ2n) is 8.35. The second kappa shape index (κ2) is 9.13. The maximum absolute atomic E-state index is 9.15. The highest BCUT2D eigenvalue weighted by Gasteiger charge is 2.28. The first-order chi connectivity index (χ1) is 14.2. The zero-order valence-electron chi connectivity index (χ0n) is 17.5. The minimum absolute atomic E-state index is 0.262. The van der Waals surface area contributed by atoms with Crippen LogP contribution < -0.4 is 4.90 Å². The van der Waals surface area contributed by atoms with Gasteiger partial charge < -0.3 is 10.0 Å². The van der Waals surface area contributed by atoms with Crippen LogP contribution in [0.25, 0.3) is 10.9 Å². The van der Waals surface area contributed by atoms with E-state index in [4.69, 9.17) is 11.5 Å². The Labute approximate surface area is 174 Å². The molecule has 3 heterocycles. The highest BCUT2D eigenvalue weighted by molar-refractivity contribution is 5.94. The fraction of sp³-hybridized carbons (Fsp3) is 0.542. The smallest absolute Gasteiger partial charge is 0.0723 e. The summed E-state index contributed by atoms with van der Waals surface area (Å²) in [5.74, 6) is 2.82. The lowest BCUT2D eigenvalue weighted by Crippen LogP contribution is -2.53. The predicted molar refractivity (Wildman–Crippen MR) is 119 cm³/mol. The van der Waals surface area contributed by atoms with Crippen molar-refractivity contribution in [1.82, 2.24) is 14.8 Å². The van der Waals surface area contributed by atoms with Crippen LogP contribution >= 0.6 is 0 Å². The van der Waals surface area contributed by atoms with E-state index in [-0.39, 0.29) is 6.61 Å². The van der Waals surface area contributed by atoms with E-state index in [1.54, 1.807) is 0 Å². The van der Waals surface area contributed by atoms with Crippen LogP contribution in [0.15, 0.2) is 24.4 Å². The van der Waals surface area contributed by atoms with E-state index in [1.165, 1.54) is 35.0 Å². The standard InChI is InChI=1S/C24H32N4O/c1-3-4-20-18-25-23-6-5-19(2)17-22(23)24(20)28-9-7-21(8-10-28)27-13-11-26(12-14-27)15-16-29/h1,5-6,17-18,21,29H,4,7-16H2,2H3. The van der Waals surface area contributed by atoms with Gasteiger partial charge in [-0.3, -0.25) is 14.8 Å². The number of aryl methyl sites for hydroxylation is 1. The molecule has 2 aromatic rings. The first kappa shape index (κ1) is 20.2. The van der Waals surface area contributed by atoms with E-state index in [1.807, 2.05) is 6.20 Å². The minimum atomic E-state index is 0.262. The maximum atomic E-state index is 9.15. The molecule has 5 heteroatoms. The Balaban J connectivity index is 1.48. The predicted octanol–water partition coefficient (Wildman–Crippen LogP) is 2.30. The van der Waals surface area contributed by atoms with Gasteiger partial charge in [0, 0.05) is 75.4 Å². The molecule has 0 bridgehead atoms. The minimum Gasteiger partial charge on any atom is -0.395 e. The van der Waals surface area contributed by atoms with E-state index < -0.39 is 0 Å². The topological polar surface area (TPSA) is 42.8 Å². The largest absolute Gasteiger partial charge is 0.395 e. The molecule has 0 spiro atoms. The molecule has 1 aromatic heterocycles. The zero-order chi connectivity index (χ0) is 20.2. The lowest BCUT2D eigenvalue weighted by atomic mass is 9.98. The van der Waals surface area contributed by atoms with Gasteiger partial charge in [-0.1, -0.05) is 11.6 Å². The van der Waals surface area contributed by atoms with Crippen LogP contribution in [0.2, 0.25) is 0 Å². The van der Waals surface area contributed by atoms with Crippen LogP contribution in [-0.2, 0) is 6.42 Å². The molecule has 2 saturated heterocycles. The summed E-state index contributed by atoms with van der Waals surface area (Å²) in [6.45, 7) is 9.70. The number of anilines is 1. The molecule has 2 aliphatic rings. The van der Waals surface area contributed by atoms with Crippen molar-refractivity contribution in [3.05, 3.63) is 35.5 Å². The number of terminal acetylenes is 1. The van der Waals surface area contributed by atoms with Crippen molar-refractivity contribution in [3.63, 3.8) is 0 Å². The second-order valence-corrected chi connectivity index (χ2v) is 8.35. The summed E-state index contributed by atoms with van der Waals surface area (Å²) in [4.78, 5) is 12.2. The summed E-state index contributed by atoms with van der Waals surface area (Å²) in [6.07, 6.45) is 10.6. The van der Waals surface area contributed by atoms with Crippen LogP contribution in [-0.4, -0.2) is 78.4 Å². The van der Waals surface area contributed by atoms with Gasteiger partial charge in [0.1, 0.15) is 0 Å². The van der Waals surface area contributed by atoms with E-state index in [0.29, 0.717) is 12.5 Å². The normalized spacial score (nSPS) is 19.6. The molecule has 0 unspecified atom stereocenters. The third-order valence-corrected chi connectivity index (χ3v) is 6.48. The Morgan fingerprint density at radius 1 is 1.14 bits per heavy atom. The molecule has 0 amide bonds. The molecule has 2 aliphatic heterocycles. The van der Waals surface area contributed by atoms with Gasteiger partial charge in [-0.2, -0.15) is 0 Å². The Bertz CT molecular complexity index is 874. The monoisotopic (exact) mass is 392 g/mol. The number of benzene rings is 1. The molecule has 2 fully saturated rings. The van der Waals surface area contributed by atoms with Gasteiger partial charge in [-0.05, 0) is 31.9 Å². The van der Waals surface area contributed by atoms with Crippen LogP contribution in [0.1, 0.15) is 24.0 Å². The van der Waals surface area contributed by atoms with Gasteiger partial charge in [-0.25, -0.2) is 0 Å². The Morgan fingerprint density at radius 3 is 2.59 bits per heavy atom. The van der Waals surface area contributed by atoms with Gasteiger partial charge in [0.2, 0.25) is 0 Å². The van der Waals surface area contributed by atoms with Crippen molar-refractivity contribution in [2.75, 3.05) is 57.3 Å². The number of nitrogens with zero attached hydrogens (tertiary/aromatic N) is 4. The SMILES string of the molecule is C#CCc1cnc2ccc(C)cc2c1N1CCC(N2CCN(CCO)CC2)CC1. The number of aromatic nitrogens is 1. The fourth-order valence-electron chi connectivity index (χ4n) is 4.89. The van der Waals surface area contributed by atoms with E-state index in [2.05, 4.69) is 50.7 Å². The summed E-state index contributed by atoms with van der Waals surface area (Å²) in [6, 6.07) is 7.16. The molecule has 154 valence electrons. The maximum Gasteiger partial charge on any atom is 0.0723 e. The van der Waals surface area contributed by atoms with Gasteiger partial charge in [0.05, 0.1) is 17.8 Å². The van der Waals surface area contributed by atoms with Gasteiger partial charge in [-0.15, -0.1) is 12.3 Å². The quantitative estimate of drug-likeness (QED) is 0.791. The van der Waals surface area contributed by atoms with Gasteiger partial charge >= 0.3 is 0 Å². The Hall–Kier alpha value is -2.13. The molecule has 29 heavy (non-hydrogen) atoms. The van der Waals surface area contributed by atoms with E-state index in [9.17, 15) is 0 Å². The molecule has 4 rings (SSSR count). The van der Waals surface area contributed by atoms with Crippen LogP contribution in [0, 0.1) is 19.3 Å². The summed E-state index contributed by atoms with van der Waals surface area (Å²) in [5.41, 5.74) is 4.77. The molecule has 5 nitrogen and oxygen atoms in total. The molecule has 0 radical (unpaired) electrons. The third-order valence-electron chi connectivity index (χ3n) is 6.48. The van der Waals surface area contributed by atoms with Gasteiger partial charge in [0.25, 0.3) is 0 Å². The highest BCUT2D eigenvalue weighted by atomic mass is 16.3. The number of β-amino-alcohol motifs (C(OH)–C–C–N with tert-alkyl or cyclic N) is 1. The molecular formula is C24H32N4O. The van der Waals surface area contributed by atoms with Crippen molar-refractivity contribution in [3.8, 4) is 12.3 Å². The Kier molecular flexibility index (Phi) is 6.34. The molecule has 0 aliphatic carbocycles. The zero-order valence-corrected chi connectivity index (χ0v) is 17.5. The molecule has 0 saturated carbocycles. The average Bonchev–Trinajstić information content (AvgIpc) is 2.75. The molecule has 1 aromatic carbocycles. The Morgan fingerprint density at radius 2 is 1.90 bits per heavy atom. The number of aliphatic hydroxyl groups is 1. The third kappa shape index (κ3) is 4.40. The lowest BCUT2D eigenvalue weighted by Gasteiger charge is -2.43. The number of piperazine rings is 1. The number of aliphatic hydroxyl groups excluding tert-OH is 1. The number of hydrogen-bond donors (Lipinski definition) is 1. The number of hydrogen-bond acceptors (Lipinski definition) is 5. The van der Waals surface area contributed by atoms with Crippen molar-refractivity contribution >= 4 is 16.6 Å². The summed E-state index contributed by atoms with van der Waals surface area (Å²) in [7, 11) is 0. The summed E-state index contributed by atoms with van der Waals surface area (Å²) < 4.78 is 0. The molecule has 1 N–H and O–H groups in total. The van der Waals surface area contributed by atoms with E-state index in [0.717, 1.165) is 51.3 Å². The number of rotatable bonds is 5. The molecule has 0 atom stereocenters. The number of piperidine rings is 1.